The standard InChI is InChI=1S/C23H22N4O5S/c1-3-14-24-22(29)21-5-4-15-25-23(21)32-19-10-6-18(7-11-19)27-33(30,31)20-12-8-17(9-13-20)26-16(2)28/h3-13,15,27H,1,14H2,2H3,(H,24,29)(H,26,28). The Bertz CT molecular complexity index is 1260. The number of pyridine rings is 1. The normalized spacial score (nSPS) is 10.7. The first-order valence-electron chi connectivity index (χ1n) is 9.81. The Morgan fingerprint density at radius 3 is 2.33 bits per heavy atom. The fourth-order valence-electron chi connectivity index (χ4n) is 2.74. The Hall–Kier alpha value is -4.18. The SMILES string of the molecule is C=CCNC(=O)c1cccnc1Oc1ccc(NS(=O)(=O)c2ccc(NC(C)=O)cc2)cc1. The van der Waals surface area contributed by atoms with Gasteiger partial charge in [-0.05, 0) is 60.7 Å². The quantitative estimate of drug-likeness (QED) is 0.414. The van der Waals surface area contributed by atoms with Gasteiger partial charge in [0.1, 0.15) is 11.3 Å². The highest BCUT2D eigenvalue weighted by Crippen LogP contribution is 2.25. The van der Waals surface area contributed by atoms with Gasteiger partial charge in [-0.1, -0.05) is 6.08 Å². The Labute approximate surface area is 191 Å². The van der Waals surface area contributed by atoms with Crippen LogP contribution in [0.25, 0.3) is 0 Å². The molecule has 33 heavy (non-hydrogen) atoms. The molecule has 0 aliphatic heterocycles. The zero-order valence-electron chi connectivity index (χ0n) is 17.7. The number of sulfonamides is 1. The van der Waals surface area contributed by atoms with E-state index in [9.17, 15) is 18.0 Å². The lowest BCUT2D eigenvalue weighted by Gasteiger charge is -2.11. The van der Waals surface area contributed by atoms with E-state index in [2.05, 4.69) is 26.9 Å². The zero-order valence-corrected chi connectivity index (χ0v) is 18.6. The highest BCUT2D eigenvalue weighted by atomic mass is 32.2. The van der Waals surface area contributed by atoms with Crippen LogP contribution in [-0.4, -0.2) is 31.8 Å². The van der Waals surface area contributed by atoms with Crippen molar-refractivity contribution in [1.82, 2.24) is 10.3 Å². The number of nitrogens with zero attached hydrogens (tertiary/aromatic N) is 1. The van der Waals surface area contributed by atoms with Crippen LogP contribution in [-0.2, 0) is 14.8 Å². The minimum atomic E-state index is -3.83. The molecule has 3 rings (SSSR count). The number of carbonyl (C=O) groups excluding carboxylic acids is 2. The van der Waals surface area contributed by atoms with E-state index < -0.39 is 10.0 Å². The number of nitrogens with one attached hydrogen (secondary N) is 3. The monoisotopic (exact) mass is 466 g/mol. The van der Waals surface area contributed by atoms with Gasteiger partial charge in [-0.3, -0.25) is 14.3 Å². The van der Waals surface area contributed by atoms with Crippen molar-refractivity contribution >= 4 is 33.2 Å². The zero-order chi connectivity index (χ0) is 23.8. The van der Waals surface area contributed by atoms with Crippen LogP contribution in [0.15, 0.2) is 84.4 Å². The van der Waals surface area contributed by atoms with E-state index in [0.717, 1.165) is 0 Å². The van der Waals surface area contributed by atoms with E-state index in [1.165, 1.54) is 49.5 Å². The second kappa shape index (κ2) is 10.4. The smallest absolute Gasteiger partial charge is 0.261 e. The third-order valence-corrected chi connectivity index (χ3v) is 5.63. The molecule has 3 N–H and O–H groups in total. The lowest BCUT2D eigenvalue weighted by atomic mass is 10.2. The van der Waals surface area contributed by atoms with Gasteiger partial charge in [0.2, 0.25) is 11.8 Å². The number of hydrogen-bond acceptors (Lipinski definition) is 6. The summed E-state index contributed by atoms with van der Waals surface area (Å²) in [5.74, 6) is -0.117. The van der Waals surface area contributed by atoms with Crippen molar-refractivity contribution in [2.45, 2.75) is 11.8 Å². The van der Waals surface area contributed by atoms with Crippen LogP contribution >= 0.6 is 0 Å². The number of carbonyl (C=O) groups is 2. The summed E-state index contributed by atoms with van der Waals surface area (Å²) in [6, 6.07) is 15.2. The molecule has 170 valence electrons. The number of ether oxygens (including phenoxy) is 1. The molecule has 0 bridgehead atoms. The van der Waals surface area contributed by atoms with Gasteiger partial charge in [-0.25, -0.2) is 13.4 Å². The van der Waals surface area contributed by atoms with Gasteiger partial charge in [0, 0.05) is 31.0 Å². The predicted octanol–water partition coefficient (Wildman–Crippen LogP) is 3.55. The summed E-state index contributed by atoms with van der Waals surface area (Å²) in [5.41, 5.74) is 1.07. The van der Waals surface area contributed by atoms with E-state index in [-0.39, 0.29) is 28.2 Å². The Balaban J connectivity index is 1.70. The van der Waals surface area contributed by atoms with Crippen LogP contribution in [0.1, 0.15) is 17.3 Å². The molecule has 0 aliphatic carbocycles. The van der Waals surface area contributed by atoms with Crippen LogP contribution in [0.3, 0.4) is 0 Å². The molecular formula is C23H22N4O5S. The van der Waals surface area contributed by atoms with Gasteiger partial charge >= 0.3 is 0 Å². The predicted molar refractivity (Wildman–Crippen MR) is 125 cm³/mol. The van der Waals surface area contributed by atoms with Crippen molar-refractivity contribution < 1.29 is 22.7 Å². The van der Waals surface area contributed by atoms with Crippen LogP contribution in [0.4, 0.5) is 11.4 Å². The fraction of sp³-hybridized carbons (Fsp3) is 0.0870. The first-order valence-corrected chi connectivity index (χ1v) is 11.3. The Kier molecular flexibility index (Phi) is 7.42. The van der Waals surface area contributed by atoms with Gasteiger partial charge in [0.15, 0.2) is 0 Å². The van der Waals surface area contributed by atoms with Crippen molar-refractivity contribution in [3.8, 4) is 11.6 Å². The molecule has 0 unspecified atom stereocenters. The van der Waals surface area contributed by atoms with Crippen LogP contribution in [0, 0.1) is 0 Å². The van der Waals surface area contributed by atoms with Gasteiger partial charge in [0.05, 0.1) is 4.90 Å². The molecule has 10 heteroatoms. The maximum Gasteiger partial charge on any atom is 0.261 e. The maximum absolute atomic E-state index is 12.6. The van der Waals surface area contributed by atoms with Crippen molar-refractivity contribution in [3.05, 3.63) is 85.1 Å². The summed E-state index contributed by atoms with van der Waals surface area (Å²) in [5, 5.41) is 5.24. The van der Waals surface area contributed by atoms with Crippen LogP contribution < -0.4 is 20.1 Å². The summed E-state index contributed by atoms with van der Waals surface area (Å²) in [6.07, 6.45) is 3.06. The molecule has 9 nitrogen and oxygen atoms in total. The molecule has 0 saturated carbocycles. The summed E-state index contributed by atoms with van der Waals surface area (Å²) in [4.78, 5) is 27.5. The summed E-state index contributed by atoms with van der Waals surface area (Å²) < 4.78 is 33.4. The number of anilines is 2. The molecule has 2 amide bonds. The van der Waals surface area contributed by atoms with Gasteiger partial charge in [-0.2, -0.15) is 0 Å². The van der Waals surface area contributed by atoms with E-state index in [1.54, 1.807) is 30.3 Å². The van der Waals surface area contributed by atoms with Crippen molar-refractivity contribution in [1.29, 1.82) is 0 Å². The van der Waals surface area contributed by atoms with Crippen LogP contribution in [0.2, 0.25) is 0 Å². The molecule has 0 atom stereocenters. The molecule has 0 aliphatic rings. The van der Waals surface area contributed by atoms with E-state index in [1.807, 2.05) is 0 Å². The lowest BCUT2D eigenvalue weighted by molar-refractivity contribution is -0.114. The van der Waals surface area contributed by atoms with E-state index in [4.69, 9.17) is 4.74 Å². The Morgan fingerprint density at radius 1 is 1.03 bits per heavy atom. The summed E-state index contributed by atoms with van der Waals surface area (Å²) in [7, 11) is -3.83. The summed E-state index contributed by atoms with van der Waals surface area (Å²) >= 11 is 0. The third-order valence-electron chi connectivity index (χ3n) is 4.23. The fourth-order valence-corrected chi connectivity index (χ4v) is 3.80. The molecule has 0 fully saturated rings. The number of hydrogen-bond donors (Lipinski definition) is 3. The van der Waals surface area contributed by atoms with E-state index in [0.29, 0.717) is 23.7 Å². The number of aromatic nitrogens is 1. The largest absolute Gasteiger partial charge is 0.438 e. The average molecular weight is 467 g/mol. The second-order valence-electron chi connectivity index (χ2n) is 6.79. The average Bonchev–Trinajstić information content (AvgIpc) is 2.79. The highest BCUT2D eigenvalue weighted by molar-refractivity contribution is 7.92. The molecule has 0 saturated heterocycles. The van der Waals surface area contributed by atoms with Gasteiger partial charge in [0.25, 0.3) is 15.9 Å². The number of amides is 2. The first-order chi connectivity index (χ1) is 15.8. The number of rotatable bonds is 9. The first kappa shape index (κ1) is 23.5. The maximum atomic E-state index is 12.6. The Morgan fingerprint density at radius 2 is 1.70 bits per heavy atom. The van der Waals surface area contributed by atoms with E-state index >= 15 is 0 Å². The minimum Gasteiger partial charge on any atom is -0.438 e. The molecule has 2 aromatic carbocycles. The molecule has 0 spiro atoms. The van der Waals surface area contributed by atoms with Gasteiger partial charge < -0.3 is 15.4 Å². The number of benzene rings is 2. The van der Waals surface area contributed by atoms with Crippen molar-refractivity contribution in [3.63, 3.8) is 0 Å². The lowest BCUT2D eigenvalue weighted by Crippen LogP contribution is -2.23. The molecule has 1 aromatic heterocycles. The molecular weight excluding hydrogens is 444 g/mol. The van der Waals surface area contributed by atoms with Gasteiger partial charge in [-0.15, -0.1) is 6.58 Å². The molecule has 1 heterocycles. The third kappa shape index (κ3) is 6.40. The van der Waals surface area contributed by atoms with Crippen molar-refractivity contribution in [2.75, 3.05) is 16.6 Å². The minimum absolute atomic E-state index is 0.0422. The van der Waals surface area contributed by atoms with Crippen LogP contribution in [0.5, 0.6) is 11.6 Å². The highest BCUT2D eigenvalue weighted by Gasteiger charge is 2.16. The topological polar surface area (TPSA) is 126 Å². The van der Waals surface area contributed by atoms with Crippen molar-refractivity contribution in [2.24, 2.45) is 0 Å². The molecule has 3 aromatic rings. The second-order valence-corrected chi connectivity index (χ2v) is 8.47. The molecule has 0 radical (unpaired) electrons. The summed E-state index contributed by atoms with van der Waals surface area (Å²) in [6.45, 7) is 5.23.